The van der Waals surface area contributed by atoms with Crippen LogP contribution in [0.3, 0.4) is 0 Å². The zero-order chi connectivity index (χ0) is 11.8. The van der Waals surface area contributed by atoms with E-state index in [4.69, 9.17) is 4.74 Å². The molecule has 1 rings (SSSR count). The fourth-order valence-electron chi connectivity index (χ4n) is 1.49. The molecule has 0 atom stereocenters. The van der Waals surface area contributed by atoms with Crippen molar-refractivity contribution in [2.75, 3.05) is 13.2 Å². The van der Waals surface area contributed by atoms with E-state index in [2.05, 4.69) is 50.4 Å². The van der Waals surface area contributed by atoms with Crippen LogP contribution in [-0.2, 0) is 17.7 Å². The van der Waals surface area contributed by atoms with E-state index in [1.807, 2.05) is 0 Å². The van der Waals surface area contributed by atoms with Gasteiger partial charge in [0.05, 0.1) is 12.7 Å². The van der Waals surface area contributed by atoms with Crippen molar-refractivity contribution >= 4 is 0 Å². The highest BCUT2D eigenvalue weighted by Crippen LogP contribution is 2.04. The first kappa shape index (κ1) is 13.2. The quantitative estimate of drug-likeness (QED) is 0.715. The molecule has 0 spiro atoms. The van der Waals surface area contributed by atoms with Crippen LogP contribution in [0.4, 0.5) is 0 Å². The summed E-state index contributed by atoms with van der Waals surface area (Å²) in [7, 11) is 0. The van der Waals surface area contributed by atoms with Gasteiger partial charge in [-0.3, -0.25) is 0 Å². The van der Waals surface area contributed by atoms with Gasteiger partial charge in [-0.15, -0.1) is 0 Å². The van der Waals surface area contributed by atoms with Crippen molar-refractivity contribution in [2.45, 2.75) is 39.8 Å². The molecule has 0 unspecified atom stereocenters. The fraction of sp³-hybridized carbons (Fsp3) is 0.571. The van der Waals surface area contributed by atoms with E-state index < -0.39 is 0 Å². The van der Waals surface area contributed by atoms with E-state index in [1.165, 1.54) is 11.1 Å². The van der Waals surface area contributed by atoms with Crippen molar-refractivity contribution in [3.05, 3.63) is 35.4 Å². The second-order valence-corrected chi connectivity index (χ2v) is 4.27. The molecular formula is C14H23NO. The SMILES string of the molecule is CCc1ccc(CNCCOC(C)C)cc1. The Labute approximate surface area is 99.0 Å². The molecule has 0 heterocycles. The predicted molar refractivity (Wildman–Crippen MR) is 68.6 cm³/mol. The molecule has 0 saturated carbocycles. The summed E-state index contributed by atoms with van der Waals surface area (Å²) < 4.78 is 5.45. The Balaban J connectivity index is 2.16. The maximum absolute atomic E-state index is 5.45. The third-order valence-corrected chi connectivity index (χ3v) is 2.49. The molecule has 1 aromatic rings. The lowest BCUT2D eigenvalue weighted by molar-refractivity contribution is 0.0807. The van der Waals surface area contributed by atoms with Gasteiger partial charge in [-0.1, -0.05) is 31.2 Å². The van der Waals surface area contributed by atoms with Crippen molar-refractivity contribution in [1.29, 1.82) is 0 Å². The Morgan fingerprint density at radius 2 is 1.75 bits per heavy atom. The highest BCUT2D eigenvalue weighted by Gasteiger charge is 1.95. The molecular weight excluding hydrogens is 198 g/mol. The van der Waals surface area contributed by atoms with Gasteiger partial charge in [0.15, 0.2) is 0 Å². The Hall–Kier alpha value is -0.860. The molecule has 1 aromatic carbocycles. The van der Waals surface area contributed by atoms with E-state index in [0.717, 1.165) is 26.1 Å². The third-order valence-electron chi connectivity index (χ3n) is 2.49. The minimum atomic E-state index is 0.325. The van der Waals surface area contributed by atoms with Crippen molar-refractivity contribution < 1.29 is 4.74 Å². The standard InChI is InChI=1S/C14H23NO/c1-4-13-5-7-14(8-6-13)11-15-9-10-16-12(2)3/h5-8,12,15H,4,9-11H2,1-3H3. The molecule has 0 aliphatic carbocycles. The average molecular weight is 221 g/mol. The van der Waals surface area contributed by atoms with E-state index in [-0.39, 0.29) is 0 Å². The average Bonchev–Trinajstić information content (AvgIpc) is 2.29. The van der Waals surface area contributed by atoms with E-state index >= 15 is 0 Å². The first-order valence-corrected chi connectivity index (χ1v) is 6.12. The Morgan fingerprint density at radius 1 is 1.12 bits per heavy atom. The highest BCUT2D eigenvalue weighted by atomic mass is 16.5. The van der Waals surface area contributed by atoms with Gasteiger partial charge in [-0.05, 0) is 31.4 Å². The van der Waals surface area contributed by atoms with Crippen LogP contribution < -0.4 is 5.32 Å². The second-order valence-electron chi connectivity index (χ2n) is 4.27. The van der Waals surface area contributed by atoms with E-state index in [0.29, 0.717) is 6.10 Å². The minimum absolute atomic E-state index is 0.325. The van der Waals surface area contributed by atoms with Crippen molar-refractivity contribution in [2.24, 2.45) is 0 Å². The number of rotatable bonds is 7. The molecule has 2 heteroatoms. The van der Waals surface area contributed by atoms with Crippen LogP contribution in [0.5, 0.6) is 0 Å². The Bertz CT molecular complexity index is 279. The molecule has 0 bridgehead atoms. The Morgan fingerprint density at radius 3 is 2.31 bits per heavy atom. The summed E-state index contributed by atoms with van der Waals surface area (Å²) >= 11 is 0. The zero-order valence-electron chi connectivity index (χ0n) is 10.6. The van der Waals surface area contributed by atoms with Gasteiger partial charge in [0.25, 0.3) is 0 Å². The first-order chi connectivity index (χ1) is 7.72. The molecule has 0 fully saturated rings. The summed E-state index contributed by atoms with van der Waals surface area (Å²) in [6.07, 6.45) is 1.43. The summed E-state index contributed by atoms with van der Waals surface area (Å²) in [5.74, 6) is 0. The van der Waals surface area contributed by atoms with Crippen LogP contribution >= 0.6 is 0 Å². The van der Waals surface area contributed by atoms with Crippen LogP contribution in [0.1, 0.15) is 31.9 Å². The lowest BCUT2D eigenvalue weighted by Gasteiger charge is -2.08. The van der Waals surface area contributed by atoms with Crippen LogP contribution in [0.15, 0.2) is 24.3 Å². The zero-order valence-corrected chi connectivity index (χ0v) is 10.6. The molecule has 0 aliphatic heterocycles. The molecule has 0 aliphatic rings. The lowest BCUT2D eigenvalue weighted by Crippen LogP contribution is -2.20. The second kappa shape index (κ2) is 7.42. The number of hydrogen-bond donors (Lipinski definition) is 1. The summed E-state index contributed by atoms with van der Waals surface area (Å²) in [5, 5.41) is 3.37. The van der Waals surface area contributed by atoms with Crippen LogP contribution in [0.2, 0.25) is 0 Å². The van der Waals surface area contributed by atoms with Gasteiger partial charge in [0, 0.05) is 13.1 Å². The topological polar surface area (TPSA) is 21.3 Å². The molecule has 90 valence electrons. The van der Waals surface area contributed by atoms with Crippen LogP contribution in [0, 0.1) is 0 Å². The summed E-state index contributed by atoms with van der Waals surface area (Å²) in [4.78, 5) is 0. The Kier molecular flexibility index (Phi) is 6.12. The van der Waals surface area contributed by atoms with Gasteiger partial charge >= 0.3 is 0 Å². The molecule has 2 nitrogen and oxygen atoms in total. The van der Waals surface area contributed by atoms with Crippen LogP contribution in [0.25, 0.3) is 0 Å². The lowest BCUT2D eigenvalue weighted by atomic mass is 10.1. The highest BCUT2D eigenvalue weighted by molar-refractivity contribution is 5.22. The van der Waals surface area contributed by atoms with Crippen molar-refractivity contribution in [3.63, 3.8) is 0 Å². The minimum Gasteiger partial charge on any atom is -0.377 e. The van der Waals surface area contributed by atoms with E-state index in [9.17, 15) is 0 Å². The van der Waals surface area contributed by atoms with Crippen molar-refractivity contribution in [1.82, 2.24) is 5.32 Å². The maximum Gasteiger partial charge on any atom is 0.0594 e. The number of aryl methyl sites for hydroxylation is 1. The maximum atomic E-state index is 5.45. The van der Waals surface area contributed by atoms with Gasteiger partial charge in [-0.25, -0.2) is 0 Å². The normalized spacial score (nSPS) is 11.0. The molecule has 0 aromatic heterocycles. The smallest absolute Gasteiger partial charge is 0.0594 e. The molecule has 0 saturated heterocycles. The van der Waals surface area contributed by atoms with Gasteiger partial charge < -0.3 is 10.1 Å². The first-order valence-electron chi connectivity index (χ1n) is 6.12. The molecule has 1 N–H and O–H groups in total. The summed E-state index contributed by atoms with van der Waals surface area (Å²) in [6, 6.07) is 8.77. The summed E-state index contributed by atoms with van der Waals surface area (Å²) in [5.41, 5.74) is 2.73. The summed E-state index contributed by atoms with van der Waals surface area (Å²) in [6.45, 7) is 8.91. The number of hydrogen-bond acceptors (Lipinski definition) is 2. The third kappa shape index (κ3) is 5.29. The fourth-order valence-corrected chi connectivity index (χ4v) is 1.49. The van der Waals surface area contributed by atoms with Gasteiger partial charge in [0.1, 0.15) is 0 Å². The monoisotopic (exact) mass is 221 g/mol. The largest absolute Gasteiger partial charge is 0.377 e. The predicted octanol–water partition coefficient (Wildman–Crippen LogP) is 2.76. The molecule has 16 heavy (non-hydrogen) atoms. The number of nitrogens with one attached hydrogen (secondary N) is 1. The number of benzene rings is 1. The van der Waals surface area contributed by atoms with Crippen molar-refractivity contribution in [3.8, 4) is 0 Å². The van der Waals surface area contributed by atoms with Gasteiger partial charge in [0.2, 0.25) is 0 Å². The van der Waals surface area contributed by atoms with Crippen LogP contribution in [-0.4, -0.2) is 19.3 Å². The van der Waals surface area contributed by atoms with E-state index in [1.54, 1.807) is 0 Å². The van der Waals surface area contributed by atoms with Gasteiger partial charge in [-0.2, -0.15) is 0 Å². The molecule has 0 radical (unpaired) electrons. The number of ether oxygens (including phenoxy) is 1. The molecule has 0 amide bonds.